The van der Waals surface area contributed by atoms with Crippen LogP contribution in [0.1, 0.15) is 25.3 Å². The summed E-state index contributed by atoms with van der Waals surface area (Å²) in [5, 5.41) is 0. The molecule has 0 spiro atoms. The molecule has 28 heavy (non-hydrogen) atoms. The highest BCUT2D eigenvalue weighted by Crippen LogP contribution is 2.31. The first-order valence-corrected chi connectivity index (χ1v) is 9.11. The summed E-state index contributed by atoms with van der Waals surface area (Å²) in [4.78, 5) is 0. The van der Waals surface area contributed by atoms with E-state index in [0.29, 0.717) is 16.7 Å². The van der Waals surface area contributed by atoms with Crippen molar-refractivity contribution in [1.82, 2.24) is 0 Å². The summed E-state index contributed by atoms with van der Waals surface area (Å²) < 4.78 is 57.1. The van der Waals surface area contributed by atoms with Gasteiger partial charge in [0, 0.05) is 5.56 Å². The topological polar surface area (TPSA) is 9.23 Å². The molecule has 0 aliphatic heterocycles. The zero-order chi connectivity index (χ0) is 20.1. The number of halogens is 4. The van der Waals surface area contributed by atoms with Gasteiger partial charge >= 0.3 is 6.61 Å². The zero-order valence-electron chi connectivity index (χ0n) is 15.4. The van der Waals surface area contributed by atoms with Crippen molar-refractivity contribution in [3.05, 3.63) is 77.9 Å². The van der Waals surface area contributed by atoms with Gasteiger partial charge in [0.1, 0.15) is 5.82 Å². The van der Waals surface area contributed by atoms with E-state index in [1.165, 1.54) is 17.7 Å². The van der Waals surface area contributed by atoms with Crippen molar-refractivity contribution < 1.29 is 22.3 Å². The third-order valence-electron chi connectivity index (χ3n) is 4.53. The van der Waals surface area contributed by atoms with Crippen LogP contribution < -0.4 is 4.74 Å². The SMILES string of the molecule is CCCCc1ccc(-c2ccc(-c3ccc(OC(F)F)c(F)c3)cc2F)cc1. The van der Waals surface area contributed by atoms with Gasteiger partial charge in [0.25, 0.3) is 0 Å². The number of hydrogen-bond donors (Lipinski definition) is 0. The van der Waals surface area contributed by atoms with E-state index in [0.717, 1.165) is 37.0 Å². The van der Waals surface area contributed by atoms with Crippen LogP contribution >= 0.6 is 0 Å². The second kappa shape index (κ2) is 8.91. The summed E-state index contributed by atoms with van der Waals surface area (Å²) in [6.45, 7) is -0.971. The molecule has 0 amide bonds. The molecule has 0 bridgehead atoms. The fourth-order valence-corrected chi connectivity index (χ4v) is 3.03. The first kappa shape index (κ1) is 19.9. The highest BCUT2D eigenvalue weighted by Gasteiger charge is 2.12. The largest absolute Gasteiger partial charge is 0.432 e. The number of benzene rings is 3. The van der Waals surface area contributed by atoms with Gasteiger partial charge in [-0.1, -0.05) is 55.8 Å². The monoisotopic (exact) mass is 388 g/mol. The minimum absolute atomic E-state index is 0.375. The van der Waals surface area contributed by atoms with Gasteiger partial charge in [-0.05, 0) is 53.3 Å². The molecule has 0 fully saturated rings. The average Bonchev–Trinajstić information content (AvgIpc) is 2.68. The van der Waals surface area contributed by atoms with Crippen LogP contribution in [0.5, 0.6) is 5.75 Å². The maximum Gasteiger partial charge on any atom is 0.387 e. The van der Waals surface area contributed by atoms with Gasteiger partial charge < -0.3 is 4.74 Å². The standard InChI is InChI=1S/C23H20F4O/c1-2-3-4-15-5-7-16(8-6-15)19-11-9-17(13-20(19)24)18-10-12-22(21(25)14-18)28-23(26)27/h5-14,23H,2-4H2,1H3. The molecule has 0 N–H and O–H groups in total. The molecule has 0 saturated carbocycles. The number of alkyl halides is 2. The minimum atomic E-state index is -3.11. The van der Waals surface area contributed by atoms with Gasteiger partial charge in [0.2, 0.25) is 0 Å². The Morgan fingerprint density at radius 2 is 1.39 bits per heavy atom. The van der Waals surface area contributed by atoms with E-state index < -0.39 is 24.0 Å². The summed E-state index contributed by atoms with van der Waals surface area (Å²) in [6, 6.07) is 16.0. The summed E-state index contributed by atoms with van der Waals surface area (Å²) in [7, 11) is 0. The number of aryl methyl sites for hydroxylation is 1. The fourth-order valence-electron chi connectivity index (χ4n) is 3.03. The predicted molar refractivity (Wildman–Crippen MR) is 102 cm³/mol. The molecule has 146 valence electrons. The number of unbranched alkanes of at least 4 members (excludes halogenated alkanes) is 1. The molecule has 3 rings (SSSR count). The Morgan fingerprint density at radius 1 is 0.786 bits per heavy atom. The molecule has 3 aromatic carbocycles. The van der Waals surface area contributed by atoms with Crippen LogP contribution in [0.15, 0.2) is 60.7 Å². The first-order valence-electron chi connectivity index (χ1n) is 9.11. The molecule has 1 nitrogen and oxygen atoms in total. The quantitative estimate of drug-likeness (QED) is 0.388. The van der Waals surface area contributed by atoms with Crippen LogP contribution in [-0.4, -0.2) is 6.61 Å². The van der Waals surface area contributed by atoms with Crippen LogP contribution in [0.25, 0.3) is 22.3 Å². The second-order valence-electron chi connectivity index (χ2n) is 6.52. The maximum atomic E-state index is 14.7. The third kappa shape index (κ3) is 4.71. The van der Waals surface area contributed by atoms with Crippen LogP contribution in [0.4, 0.5) is 17.6 Å². The Bertz CT molecular complexity index is 936. The van der Waals surface area contributed by atoms with Crippen LogP contribution in [-0.2, 0) is 6.42 Å². The molecule has 0 aliphatic rings. The molecule has 0 aromatic heterocycles. The van der Waals surface area contributed by atoms with E-state index in [1.54, 1.807) is 12.1 Å². The lowest BCUT2D eigenvalue weighted by Crippen LogP contribution is -2.03. The molecule has 0 atom stereocenters. The van der Waals surface area contributed by atoms with E-state index >= 15 is 0 Å². The molecule has 3 aromatic rings. The predicted octanol–water partition coefficient (Wildman–Crippen LogP) is 7.24. The summed E-state index contributed by atoms with van der Waals surface area (Å²) in [5.41, 5.74) is 3.24. The van der Waals surface area contributed by atoms with Crippen molar-refractivity contribution >= 4 is 0 Å². The Morgan fingerprint density at radius 3 is 1.96 bits per heavy atom. The molecule has 0 aliphatic carbocycles. The van der Waals surface area contributed by atoms with Crippen molar-refractivity contribution in [2.24, 2.45) is 0 Å². The highest BCUT2D eigenvalue weighted by atomic mass is 19.3. The second-order valence-corrected chi connectivity index (χ2v) is 6.52. The number of rotatable bonds is 7. The molecule has 0 saturated heterocycles. The average molecular weight is 388 g/mol. The zero-order valence-corrected chi connectivity index (χ0v) is 15.4. The minimum Gasteiger partial charge on any atom is -0.432 e. The van der Waals surface area contributed by atoms with Crippen LogP contribution in [0.3, 0.4) is 0 Å². The van der Waals surface area contributed by atoms with E-state index in [9.17, 15) is 17.6 Å². The van der Waals surface area contributed by atoms with Gasteiger partial charge in [-0.15, -0.1) is 0 Å². The molecule has 0 heterocycles. The lowest BCUT2D eigenvalue weighted by molar-refractivity contribution is -0.0521. The van der Waals surface area contributed by atoms with E-state index in [1.807, 2.05) is 24.3 Å². The number of hydrogen-bond acceptors (Lipinski definition) is 1. The van der Waals surface area contributed by atoms with Gasteiger partial charge in [0.15, 0.2) is 11.6 Å². The molecule has 5 heteroatoms. The Kier molecular flexibility index (Phi) is 6.34. The normalized spacial score (nSPS) is 11.1. The van der Waals surface area contributed by atoms with Crippen molar-refractivity contribution in [2.75, 3.05) is 0 Å². The third-order valence-corrected chi connectivity index (χ3v) is 4.53. The van der Waals surface area contributed by atoms with Crippen molar-refractivity contribution in [3.63, 3.8) is 0 Å². The van der Waals surface area contributed by atoms with E-state index in [-0.39, 0.29) is 0 Å². The van der Waals surface area contributed by atoms with Crippen LogP contribution in [0, 0.1) is 11.6 Å². The fraction of sp³-hybridized carbons (Fsp3) is 0.217. The lowest BCUT2D eigenvalue weighted by Gasteiger charge is -2.10. The molecule has 0 unspecified atom stereocenters. The summed E-state index contributed by atoms with van der Waals surface area (Å²) in [6.07, 6.45) is 3.23. The Balaban J connectivity index is 1.83. The summed E-state index contributed by atoms with van der Waals surface area (Å²) >= 11 is 0. The molecular formula is C23H20F4O. The van der Waals surface area contributed by atoms with Gasteiger partial charge in [-0.2, -0.15) is 8.78 Å². The van der Waals surface area contributed by atoms with Crippen molar-refractivity contribution in [2.45, 2.75) is 32.8 Å². The molecular weight excluding hydrogens is 368 g/mol. The molecule has 0 radical (unpaired) electrons. The smallest absolute Gasteiger partial charge is 0.387 e. The van der Waals surface area contributed by atoms with Gasteiger partial charge in [-0.25, -0.2) is 8.78 Å². The van der Waals surface area contributed by atoms with E-state index in [4.69, 9.17) is 0 Å². The van der Waals surface area contributed by atoms with Gasteiger partial charge in [-0.3, -0.25) is 0 Å². The van der Waals surface area contributed by atoms with Crippen molar-refractivity contribution in [1.29, 1.82) is 0 Å². The Hall–Kier alpha value is -2.82. The highest BCUT2D eigenvalue weighted by molar-refractivity contribution is 5.71. The first-order chi connectivity index (χ1) is 13.5. The maximum absolute atomic E-state index is 14.7. The van der Waals surface area contributed by atoms with Crippen LogP contribution in [0.2, 0.25) is 0 Å². The number of ether oxygens (including phenoxy) is 1. The van der Waals surface area contributed by atoms with E-state index in [2.05, 4.69) is 11.7 Å². The Labute approximate surface area is 161 Å². The lowest BCUT2D eigenvalue weighted by atomic mass is 9.98. The summed E-state index contributed by atoms with van der Waals surface area (Å²) in [5.74, 6) is -1.91. The van der Waals surface area contributed by atoms with Crippen molar-refractivity contribution in [3.8, 4) is 28.0 Å². The van der Waals surface area contributed by atoms with Gasteiger partial charge in [0.05, 0.1) is 0 Å².